The van der Waals surface area contributed by atoms with Crippen molar-refractivity contribution >= 4 is 29.1 Å². The van der Waals surface area contributed by atoms with Crippen molar-refractivity contribution < 1.29 is 9.90 Å². The van der Waals surface area contributed by atoms with Gasteiger partial charge >= 0.3 is 5.97 Å². The predicted molar refractivity (Wildman–Crippen MR) is 83.7 cm³/mol. The first-order valence-electron chi connectivity index (χ1n) is 7.00. The standard InChI is InChI=1S/C14H17N3O2S2/c1-9(10-4-2-5-10)17-13(11-6-3-7-20-11)15-16-14(17)21-8-12(18)19/h3,6-7,9-10H,2,4-5,8H2,1H3,(H,18,19). The van der Waals surface area contributed by atoms with Gasteiger partial charge in [-0.25, -0.2) is 0 Å². The van der Waals surface area contributed by atoms with E-state index in [1.165, 1.54) is 31.0 Å². The Bertz CT molecular complexity index is 620. The molecule has 1 N–H and O–H groups in total. The van der Waals surface area contributed by atoms with E-state index in [9.17, 15) is 4.79 Å². The molecule has 0 bridgehead atoms. The van der Waals surface area contributed by atoms with Crippen LogP contribution in [0, 0.1) is 5.92 Å². The average molecular weight is 323 g/mol. The van der Waals surface area contributed by atoms with Crippen LogP contribution in [0.2, 0.25) is 0 Å². The molecule has 1 atom stereocenters. The maximum absolute atomic E-state index is 10.8. The zero-order valence-electron chi connectivity index (χ0n) is 11.7. The third-order valence-electron chi connectivity index (χ3n) is 3.97. The molecule has 1 saturated carbocycles. The van der Waals surface area contributed by atoms with Gasteiger partial charge < -0.3 is 5.11 Å². The minimum Gasteiger partial charge on any atom is -0.481 e. The number of thioether (sulfide) groups is 1. The number of carbonyl (C=O) groups is 1. The third kappa shape index (κ3) is 2.98. The van der Waals surface area contributed by atoms with Crippen LogP contribution < -0.4 is 0 Å². The van der Waals surface area contributed by atoms with Gasteiger partial charge in [0.15, 0.2) is 11.0 Å². The SMILES string of the molecule is CC(C1CCC1)n1c(SCC(=O)O)nnc1-c1cccs1. The maximum Gasteiger partial charge on any atom is 0.313 e. The molecule has 0 spiro atoms. The van der Waals surface area contributed by atoms with Crippen LogP contribution in [0.5, 0.6) is 0 Å². The van der Waals surface area contributed by atoms with Crippen molar-refractivity contribution in [2.75, 3.05) is 5.75 Å². The molecule has 2 heterocycles. The number of hydrogen-bond donors (Lipinski definition) is 1. The van der Waals surface area contributed by atoms with Gasteiger partial charge in [0.05, 0.1) is 10.6 Å². The highest BCUT2D eigenvalue weighted by molar-refractivity contribution is 7.99. The van der Waals surface area contributed by atoms with Crippen molar-refractivity contribution in [3.8, 4) is 10.7 Å². The minimum absolute atomic E-state index is 0.0138. The molecule has 0 aromatic carbocycles. The van der Waals surface area contributed by atoms with E-state index < -0.39 is 5.97 Å². The lowest BCUT2D eigenvalue weighted by atomic mass is 9.80. The summed E-state index contributed by atoms with van der Waals surface area (Å²) >= 11 is 2.88. The Hall–Kier alpha value is -1.34. The molecule has 21 heavy (non-hydrogen) atoms. The second-order valence-corrected chi connectivity index (χ2v) is 7.16. The highest BCUT2D eigenvalue weighted by atomic mass is 32.2. The third-order valence-corrected chi connectivity index (χ3v) is 5.76. The van der Waals surface area contributed by atoms with E-state index in [0.29, 0.717) is 17.1 Å². The highest BCUT2D eigenvalue weighted by Crippen LogP contribution is 2.40. The topological polar surface area (TPSA) is 68.0 Å². The summed E-state index contributed by atoms with van der Waals surface area (Å²) in [5.74, 6) is 0.685. The van der Waals surface area contributed by atoms with Gasteiger partial charge in [-0.15, -0.1) is 21.5 Å². The molecule has 0 aliphatic heterocycles. The summed E-state index contributed by atoms with van der Waals surface area (Å²) in [6, 6.07) is 4.34. The molecule has 0 radical (unpaired) electrons. The van der Waals surface area contributed by atoms with Crippen LogP contribution in [0.3, 0.4) is 0 Å². The lowest BCUT2D eigenvalue weighted by Crippen LogP contribution is -2.24. The molecule has 0 saturated heterocycles. The summed E-state index contributed by atoms with van der Waals surface area (Å²) < 4.78 is 2.13. The van der Waals surface area contributed by atoms with Crippen LogP contribution in [-0.4, -0.2) is 31.6 Å². The Labute approximate surface area is 131 Å². The largest absolute Gasteiger partial charge is 0.481 e. The first-order valence-corrected chi connectivity index (χ1v) is 8.86. The molecular formula is C14H17N3O2S2. The molecule has 1 fully saturated rings. The second-order valence-electron chi connectivity index (χ2n) is 5.27. The Morgan fingerprint density at radius 1 is 1.57 bits per heavy atom. The van der Waals surface area contributed by atoms with Gasteiger partial charge in [-0.3, -0.25) is 9.36 Å². The quantitative estimate of drug-likeness (QED) is 0.823. The maximum atomic E-state index is 10.8. The van der Waals surface area contributed by atoms with Gasteiger partial charge in [0.2, 0.25) is 0 Å². The van der Waals surface area contributed by atoms with E-state index in [0.717, 1.165) is 10.7 Å². The summed E-state index contributed by atoms with van der Waals surface area (Å²) in [6.07, 6.45) is 3.74. The average Bonchev–Trinajstić information content (AvgIpc) is 3.02. The van der Waals surface area contributed by atoms with Gasteiger partial charge in [-0.05, 0) is 37.1 Å². The second kappa shape index (κ2) is 6.19. The molecule has 2 aromatic heterocycles. The van der Waals surface area contributed by atoms with E-state index in [2.05, 4.69) is 21.7 Å². The number of aromatic nitrogens is 3. The smallest absolute Gasteiger partial charge is 0.313 e. The van der Waals surface area contributed by atoms with E-state index in [1.807, 2.05) is 17.5 Å². The minimum atomic E-state index is -0.830. The van der Waals surface area contributed by atoms with Crippen molar-refractivity contribution in [1.29, 1.82) is 0 Å². The number of nitrogens with zero attached hydrogens (tertiary/aromatic N) is 3. The van der Waals surface area contributed by atoms with Crippen LogP contribution in [0.1, 0.15) is 32.2 Å². The molecule has 7 heteroatoms. The molecule has 3 rings (SSSR count). The normalized spacial score (nSPS) is 16.6. The van der Waals surface area contributed by atoms with Crippen molar-refractivity contribution in [3.05, 3.63) is 17.5 Å². The molecule has 0 amide bonds. The van der Waals surface area contributed by atoms with Crippen LogP contribution in [-0.2, 0) is 4.79 Å². The van der Waals surface area contributed by atoms with E-state index in [4.69, 9.17) is 5.11 Å². The van der Waals surface area contributed by atoms with E-state index in [-0.39, 0.29) is 5.75 Å². The molecular weight excluding hydrogens is 306 g/mol. The van der Waals surface area contributed by atoms with Gasteiger partial charge in [0, 0.05) is 6.04 Å². The molecule has 2 aromatic rings. The first kappa shape index (κ1) is 14.6. The summed E-state index contributed by atoms with van der Waals surface area (Å²) in [7, 11) is 0. The van der Waals surface area contributed by atoms with Gasteiger partial charge in [0.1, 0.15) is 0 Å². The number of thiophene rings is 1. The number of rotatable bonds is 6. The van der Waals surface area contributed by atoms with Gasteiger partial charge in [-0.1, -0.05) is 24.2 Å². The van der Waals surface area contributed by atoms with Crippen LogP contribution >= 0.6 is 23.1 Å². The van der Waals surface area contributed by atoms with E-state index in [1.54, 1.807) is 11.3 Å². The molecule has 112 valence electrons. The number of aliphatic carboxylic acids is 1. The number of hydrogen-bond acceptors (Lipinski definition) is 5. The summed E-state index contributed by atoms with van der Waals surface area (Å²) in [5, 5.41) is 20.1. The highest BCUT2D eigenvalue weighted by Gasteiger charge is 2.29. The van der Waals surface area contributed by atoms with Crippen molar-refractivity contribution in [2.45, 2.75) is 37.4 Å². The van der Waals surface area contributed by atoms with Gasteiger partial charge in [-0.2, -0.15) is 0 Å². The van der Waals surface area contributed by atoms with Crippen LogP contribution in [0.25, 0.3) is 10.7 Å². The fraction of sp³-hybridized carbons (Fsp3) is 0.500. The predicted octanol–water partition coefficient (Wildman–Crippen LogP) is 3.54. The Balaban J connectivity index is 1.94. The summed E-state index contributed by atoms with van der Waals surface area (Å²) in [6.45, 7) is 2.19. The van der Waals surface area contributed by atoms with E-state index >= 15 is 0 Å². The zero-order chi connectivity index (χ0) is 14.8. The lowest BCUT2D eigenvalue weighted by molar-refractivity contribution is -0.133. The van der Waals surface area contributed by atoms with Crippen molar-refractivity contribution in [1.82, 2.24) is 14.8 Å². The van der Waals surface area contributed by atoms with Gasteiger partial charge in [0.25, 0.3) is 0 Å². The molecule has 1 aliphatic carbocycles. The summed E-state index contributed by atoms with van der Waals surface area (Å²) in [5.41, 5.74) is 0. The van der Waals surface area contributed by atoms with Crippen molar-refractivity contribution in [3.63, 3.8) is 0 Å². The molecule has 1 aliphatic rings. The van der Waals surface area contributed by atoms with Crippen molar-refractivity contribution in [2.24, 2.45) is 5.92 Å². The van der Waals surface area contributed by atoms with Crippen LogP contribution in [0.4, 0.5) is 0 Å². The number of carboxylic acids is 1. The fourth-order valence-corrected chi connectivity index (χ4v) is 4.02. The Kier molecular flexibility index (Phi) is 4.30. The lowest BCUT2D eigenvalue weighted by Gasteiger charge is -2.33. The molecule has 5 nitrogen and oxygen atoms in total. The first-order chi connectivity index (χ1) is 10.2. The summed E-state index contributed by atoms with van der Waals surface area (Å²) in [4.78, 5) is 11.9. The Morgan fingerprint density at radius 3 is 2.95 bits per heavy atom. The Morgan fingerprint density at radius 2 is 2.38 bits per heavy atom. The molecule has 1 unspecified atom stereocenters. The number of carboxylic acid groups (broad SMARTS) is 1. The zero-order valence-corrected chi connectivity index (χ0v) is 13.4. The fourth-order valence-electron chi connectivity index (χ4n) is 2.58. The monoisotopic (exact) mass is 323 g/mol. The van der Waals surface area contributed by atoms with Crippen LogP contribution in [0.15, 0.2) is 22.7 Å².